The Bertz CT molecular complexity index is 1150. The molecule has 1 aliphatic heterocycles. The van der Waals surface area contributed by atoms with Crippen molar-refractivity contribution in [1.82, 2.24) is 19.6 Å². The lowest BCUT2D eigenvalue weighted by Crippen LogP contribution is -2.35. The molecule has 4 heterocycles. The van der Waals surface area contributed by atoms with E-state index in [2.05, 4.69) is 10.1 Å². The van der Waals surface area contributed by atoms with E-state index in [1.807, 2.05) is 26.8 Å². The predicted octanol–water partition coefficient (Wildman–Crippen LogP) is 5.02. The maximum Gasteiger partial charge on any atom is 0.254 e. The average molecular weight is 451 g/mol. The van der Waals surface area contributed by atoms with E-state index in [-0.39, 0.29) is 12.5 Å². The molecule has 0 saturated carbocycles. The summed E-state index contributed by atoms with van der Waals surface area (Å²) >= 11 is 18.6. The van der Waals surface area contributed by atoms with Crippen LogP contribution in [0.4, 0.5) is 0 Å². The molecule has 0 radical (unpaired) electrons. The lowest BCUT2D eigenvalue weighted by atomic mass is 9.82. The standard InChI is InChI=1S/C20H18Cl3N5O/c1-4-15-17(16-6-5-11(21)9-27(16)25-15)18-20(2,3)19(29)28(26-18)10-12-13(22)7-24-8-14(12)23/h5-9H,4,10H2,1-3H3. The Morgan fingerprint density at radius 1 is 1.10 bits per heavy atom. The number of aryl methyl sites for hydroxylation is 1. The quantitative estimate of drug-likeness (QED) is 0.560. The highest BCUT2D eigenvalue weighted by atomic mass is 35.5. The maximum atomic E-state index is 13.2. The van der Waals surface area contributed by atoms with E-state index in [4.69, 9.17) is 39.9 Å². The van der Waals surface area contributed by atoms with Crippen LogP contribution in [0.3, 0.4) is 0 Å². The maximum absolute atomic E-state index is 13.2. The third-order valence-corrected chi connectivity index (χ3v) is 5.95. The van der Waals surface area contributed by atoms with Crippen LogP contribution in [0.2, 0.25) is 15.1 Å². The molecular weight excluding hydrogens is 433 g/mol. The van der Waals surface area contributed by atoms with Crippen LogP contribution in [-0.2, 0) is 17.8 Å². The summed E-state index contributed by atoms with van der Waals surface area (Å²) in [5.41, 5.74) is 3.01. The molecule has 0 bridgehead atoms. The average Bonchev–Trinajstić information content (AvgIpc) is 3.13. The molecule has 6 nitrogen and oxygen atoms in total. The van der Waals surface area contributed by atoms with E-state index < -0.39 is 5.41 Å². The van der Waals surface area contributed by atoms with Gasteiger partial charge in [-0.05, 0) is 32.4 Å². The number of hydrogen-bond donors (Lipinski definition) is 0. The molecule has 0 fully saturated rings. The highest BCUT2D eigenvalue weighted by Crippen LogP contribution is 2.37. The van der Waals surface area contributed by atoms with Crippen LogP contribution in [0.5, 0.6) is 0 Å². The van der Waals surface area contributed by atoms with Crippen LogP contribution in [0, 0.1) is 5.41 Å². The number of carbonyl (C=O) groups excluding carboxylic acids is 1. The van der Waals surface area contributed by atoms with Crippen LogP contribution < -0.4 is 0 Å². The van der Waals surface area contributed by atoms with Crippen molar-refractivity contribution in [3.8, 4) is 0 Å². The molecule has 0 saturated heterocycles. The van der Waals surface area contributed by atoms with Gasteiger partial charge in [-0.2, -0.15) is 10.2 Å². The van der Waals surface area contributed by atoms with Crippen LogP contribution in [0.25, 0.3) is 5.52 Å². The van der Waals surface area contributed by atoms with Crippen molar-refractivity contribution in [2.75, 3.05) is 0 Å². The minimum Gasteiger partial charge on any atom is -0.272 e. The summed E-state index contributed by atoms with van der Waals surface area (Å²) in [6.07, 6.45) is 5.45. The van der Waals surface area contributed by atoms with E-state index in [0.29, 0.717) is 32.8 Å². The van der Waals surface area contributed by atoms with Crippen molar-refractivity contribution in [1.29, 1.82) is 0 Å². The van der Waals surface area contributed by atoms with Crippen molar-refractivity contribution in [3.63, 3.8) is 0 Å². The second-order valence-corrected chi connectivity index (χ2v) is 8.62. The third kappa shape index (κ3) is 3.29. The predicted molar refractivity (Wildman–Crippen MR) is 115 cm³/mol. The fourth-order valence-corrected chi connectivity index (χ4v) is 4.14. The molecule has 4 rings (SSSR count). The topological polar surface area (TPSA) is 62.9 Å². The smallest absolute Gasteiger partial charge is 0.254 e. The van der Waals surface area contributed by atoms with Gasteiger partial charge in [0.2, 0.25) is 0 Å². The molecule has 29 heavy (non-hydrogen) atoms. The second kappa shape index (κ2) is 7.27. The van der Waals surface area contributed by atoms with Crippen molar-refractivity contribution in [3.05, 3.63) is 62.6 Å². The first kappa shape index (κ1) is 20.1. The molecule has 1 amide bonds. The summed E-state index contributed by atoms with van der Waals surface area (Å²) in [6, 6.07) is 3.70. The van der Waals surface area contributed by atoms with Crippen molar-refractivity contribution in [2.24, 2.45) is 10.5 Å². The molecule has 0 atom stereocenters. The molecule has 0 N–H and O–H groups in total. The highest BCUT2D eigenvalue weighted by Gasteiger charge is 2.45. The molecular formula is C20H18Cl3N5O. The summed E-state index contributed by atoms with van der Waals surface area (Å²) in [5.74, 6) is -0.133. The number of rotatable bonds is 4. The molecule has 0 spiro atoms. The number of halogens is 3. The highest BCUT2D eigenvalue weighted by molar-refractivity contribution is 6.35. The normalized spacial score (nSPS) is 16.0. The molecule has 9 heteroatoms. The van der Waals surface area contributed by atoms with Gasteiger partial charge in [-0.25, -0.2) is 9.52 Å². The molecule has 1 aliphatic rings. The van der Waals surface area contributed by atoms with Crippen molar-refractivity contribution < 1.29 is 4.79 Å². The summed E-state index contributed by atoms with van der Waals surface area (Å²) in [7, 11) is 0. The first-order valence-electron chi connectivity index (χ1n) is 9.10. The number of fused-ring (bicyclic) bond motifs is 1. The molecule has 3 aromatic heterocycles. The van der Waals surface area contributed by atoms with Gasteiger partial charge in [0.05, 0.1) is 43.9 Å². The SMILES string of the molecule is CCc1nn2cc(Cl)ccc2c1C1=NN(Cc2c(Cl)cncc2Cl)C(=O)C1(C)C. The summed E-state index contributed by atoms with van der Waals surface area (Å²) in [4.78, 5) is 17.2. The zero-order valence-electron chi connectivity index (χ0n) is 16.1. The van der Waals surface area contributed by atoms with Gasteiger partial charge in [0.25, 0.3) is 5.91 Å². The number of carbonyl (C=O) groups is 1. The molecule has 0 unspecified atom stereocenters. The van der Waals surface area contributed by atoms with Crippen LogP contribution >= 0.6 is 34.8 Å². The van der Waals surface area contributed by atoms with E-state index in [1.165, 1.54) is 17.4 Å². The second-order valence-electron chi connectivity index (χ2n) is 7.37. The van der Waals surface area contributed by atoms with E-state index in [0.717, 1.165) is 16.8 Å². The molecule has 0 aliphatic carbocycles. The van der Waals surface area contributed by atoms with Crippen LogP contribution in [0.1, 0.15) is 37.6 Å². The Kier molecular flexibility index (Phi) is 5.05. The van der Waals surface area contributed by atoms with Gasteiger partial charge in [0.1, 0.15) is 0 Å². The van der Waals surface area contributed by atoms with Crippen molar-refractivity contribution in [2.45, 2.75) is 33.7 Å². The van der Waals surface area contributed by atoms with Crippen molar-refractivity contribution >= 4 is 51.9 Å². The summed E-state index contributed by atoms with van der Waals surface area (Å²) in [5, 5.41) is 12.1. The zero-order valence-corrected chi connectivity index (χ0v) is 18.3. The first-order valence-corrected chi connectivity index (χ1v) is 10.2. The zero-order chi connectivity index (χ0) is 20.9. The van der Waals surface area contributed by atoms with Gasteiger partial charge < -0.3 is 0 Å². The Labute approximate surface area is 183 Å². The Morgan fingerprint density at radius 3 is 2.45 bits per heavy atom. The monoisotopic (exact) mass is 449 g/mol. The number of pyridine rings is 2. The number of nitrogens with zero attached hydrogens (tertiary/aromatic N) is 5. The third-order valence-electron chi connectivity index (χ3n) is 5.08. The fraction of sp³-hybridized carbons (Fsp3) is 0.300. The Morgan fingerprint density at radius 2 is 1.79 bits per heavy atom. The van der Waals surface area contributed by atoms with Gasteiger partial charge in [0, 0.05) is 29.7 Å². The van der Waals surface area contributed by atoms with Gasteiger partial charge in [0.15, 0.2) is 0 Å². The van der Waals surface area contributed by atoms with Gasteiger partial charge in [-0.3, -0.25) is 9.78 Å². The first-order chi connectivity index (χ1) is 13.7. The van der Waals surface area contributed by atoms with E-state index >= 15 is 0 Å². The number of aromatic nitrogens is 3. The van der Waals surface area contributed by atoms with Crippen LogP contribution in [0.15, 0.2) is 35.8 Å². The minimum absolute atomic E-state index is 0.133. The summed E-state index contributed by atoms with van der Waals surface area (Å²) < 4.78 is 1.73. The molecule has 0 aromatic carbocycles. The van der Waals surface area contributed by atoms with Gasteiger partial charge in [-0.1, -0.05) is 41.7 Å². The summed E-state index contributed by atoms with van der Waals surface area (Å²) in [6.45, 7) is 5.91. The largest absolute Gasteiger partial charge is 0.272 e. The van der Waals surface area contributed by atoms with Crippen LogP contribution in [-0.4, -0.2) is 31.2 Å². The minimum atomic E-state index is -0.834. The molecule has 150 valence electrons. The lowest BCUT2D eigenvalue weighted by Gasteiger charge is -2.20. The fourth-order valence-electron chi connectivity index (χ4n) is 3.50. The number of hydrazone groups is 1. The Balaban J connectivity index is 1.84. The van der Waals surface area contributed by atoms with Gasteiger partial charge >= 0.3 is 0 Å². The van der Waals surface area contributed by atoms with E-state index in [1.54, 1.807) is 16.8 Å². The molecule has 3 aromatic rings. The number of amides is 1. The van der Waals surface area contributed by atoms with E-state index in [9.17, 15) is 4.79 Å². The lowest BCUT2D eigenvalue weighted by molar-refractivity contribution is -0.135. The number of hydrogen-bond acceptors (Lipinski definition) is 4. The van der Waals surface area contributed by atoms with Gasteiger partial charge in [-0.15, -0.1) is 0 Å². The Hall–Kier alpha value is -2.15.